The van der Waals surface area contributed by atoms with Crippen molar-refractivity contribution in [2.75, 3.05) is 23.9 Å². The van der Waals surface area contributed by atoms with Gasteiger partial charge < -0.3 is 15.5 Å². The molecule has 0 bridgehead atoms. The van der Waals surface area contributed by atoms with Gasteiger partial charge >= 0.3 is 0 Å². The Hall–Kier alpha value is -3.64. The van der Waals surface area contributed by atoms with Crippen LogP contribution in [-0.2, 0) is 29.0 Å². The molecule has 2 atom stereocenters. The highest BCUT2D eigenvalue weighted by Crippen LogP contribution is 2.29. The zero-order valence-corrected chi connectivity index (χ0v) is 20.5. The fraction of sp³-hybridized carbons (Fsp3) is 0.310. The predicted molar refractivity (Wildman–Crippen MR) is 141 cm³/mol. The largest absolute Gasteiger partial charge is 0.378 e. The molecule has 0 aromatic heterocycles. The predicted octanol–water partition coefficient (Wildman–Crippen LogP) is 3.68. The number of para-hydroxylation sites is 1. The van der Waals surface area contributed by atoms with Crippen LogP contribution in [0.1, 0.15) is 29.5 Å². The number of carbonyl (C=O) groups is 2. The number of carbonyl (C=O) groups excluding carboxylic acids is 2. The number of primary amides is 1. The highest BCUT2D eigenvalue weighted by Gasteiger charge is 2.32. The number of rotatable bonds is 9. The van der Waals surface area contributed by atoms with Crippen molar-refractivity contribution in [3.8, 4) is 0 Å². The van der Waals surface area contributed by atoms with Crippen LogP contribution in [0.15, 0.2) is 78.9 Å². The standard InChI is InChI=1S/C29H34N4O2/c1-32(2)24-16-12-22(13-17-24)20-33-27-11-7-6-10-23(27)15-19-26(29(33)35)31-25(28(30)34)18-14-21-8-4-3-5-9-21/h3-13,16-17,25-26,31H,14-15,18-20H2,1-2H3,(H2,30,34)/t25-,26-/m0/s1. The summed E-state index contributed by atoms with van der Waals surface area (Å²) in [6.45, 7) is 0.465. The number of aryl methyl sites for hydroxylation is 2. The van der Waals surface area contributed by atoms with Crippen molar-refractivity contribution in [2.45, 2.75) is 44.3 Å². The normalized spacial score (nSPS) is 16.3. The first-order valence-corrected chi connectivity index (χ1v) is 12.2. The molecule has 0 spiro atoms. The molecule has 3 aromatic rings. The second-order valence-corrected chi connectivity index (χ2v) is 9.35. The molecule has 3 N–H and O–H groups in total. The minimum Gasteiger partial charge on any atom is -0.378 e. The summed E-state index contributed by atoms with van der Waals surface area (Å²) in [5.41, 5.74) is 11.1. The molecular formula is C29H34N4O2. The van der Waals surface area contributed by atoms with Crippen LogP contribution in [0, 0.1) is 0 Å². The molecule has 0 unspecified atom stereocenters. The quantitative estimate of drug-likeness (QED) is 0.500. The van der Waals surface area contributed by atoms with Gasteiger partial charge in [-0.25, -0.2) is 0 Å². The van der Waals surface area contributed by atoms with Gasteiger partial charge in [-0.2, -0.15) is 0 Å². The molecule has 1 aliphatic rings. The van der Waals surface area contributed by atoms with Gasteiger partial charge in [0.05, 0.1) is 18.6 Å². The molecule has 4 rings (SSSR count). The summed E-state index contributed by atoms with van der Waals surface area (Å²) in [6, 6.07) is 25.2. The van der Waals surface area contributed by atoms with Gasteiger partial charge in [0.15, 0.2) is 0 Å². The fourth-order valence-corrected chi connectivity index (χ4v) is 4.62. The molecule has 3 aromatic carbocycles. The van der Waals surface area contributed by atoms with Crippen LogP contribution in [0.25, 0.3) is 0 Å². The lowest BCUT2D eigenvalue weighted by Crippen LogP contribution is -2.53. The molecule has 0 radical (unpaired) electrons. The molecule has 0 fully saturated rings. The number of hydrogen-bond acceptors (Lipinski definition) is 4. The number of fused-ring (bicyclic) bond motifs is 1. The Morgan fingerprint density at radius 3 is 2.37 bits per heavy atom. The molecule has 35 heavy (non-hydrogen) atoms. The van der Waals surface area contributed by atoms with E-state index in [0.29, 0.717) is 25.8 Å². The minimum absolute atomic E-state index is 0.0300. The highest BCUT2D eigenvalue weighted by molar-refractivity contribution is 5.99. The van der Waals surface area contributed by atoms with E-state index in [1.54, 1.807) is 0 Å². The topological polar surface area (TPSA) is 78.7 Å². The van der Waals surface area contributed by atoms with Gasteiger partial charge in [-0.3, -0.25) is 14.9 Å². The maximum Gasteiger partial charge on any atom is 0.244 e. The molecule has 182 valence electrons. The van der Waals surface area contributed by atoms with Crippen LogP contribution < -0.4 is 20.9 Å². The summed E-state index contributed by atoms with van der Waals surface area (Å²) in [4.78, 5) is 30.0. The van der Waals surface area contributed by atoms with E-state index >= 15 is 0 Å². The summed E-state index contributed by atoms with van der Waals surface area (Å²) in [6.07, 6.45) is 2.62. The Labute approximate surface area is 207 Å². The summed E-state index contributed by atoms with van der Waals surface area (Å²) in [5, 5.41) is 3.32. The van der Waals surface area contributed by atoms with Gasteiger partial charge in [0, 0.05) is 25.5 Å². The number of nitrogens with two attached hydrogens (primary N) is 1. The lowest BCUT2D eigenvalue weighted by atomic mass is 10.0. The first kappa shape index (κ1) is 24.5. The number of anilines is 2. The van der Waals surface area contributed by atoms with Crippen LogP contribution in [0.4, 0.5) is 11.4 Å². The number of amides is 2. The molecule has 1 aliphatic heterocycles. The van der Waals surface area contributed by atoms with Crippen molar-refractivity contribution in [1.29, 1.82) is 0 Å². The van der Waals surface area contributed by atoms with Crippen molar-refractivity contribution >= 4 is 23.2 Å². The smallest absolute Gasteiger partial charge is 0.244 e. The fourth-order valence-electron chi connectivity index (χ4n) is 4.62. The average Bonchev–Trinajstić information content (AvgIpc) is 2.99. The minimum atomic E-state index is -0.577. The van der Waals surface area contributed by atoms with Gasteiger partial charge in [-0.1, -0.05) is 60.7 Å². The van der Waals surface area contributed by atoms with E-state index in [0.717, 1.165) is 34.5 Å². The van der Waals surface area contributed by atoms with Gasteiger partial charge in [0.2, 0.25) is 11.8 Å². The lowest BCUT2D eigenvalue weighted by molar-refractivity contribution is -0.123. The molecule has 1 heterocycles. The Morgan fingerprint density at radius 1 is 1.00 bits per heavy atom. The van der Waals surface area contributed by atoms with Crippen molar-refractivity contribution < 1.29 is 9.59 Å². The average molecular weight is 471 g/mol. The first-order valence-electron chi connectivity index (χ1n) is 12.2. The summed E-state index contributed by atoms with van der Waals surface area (Å²) >= 11 is 0. The van der Waals surface area contributed by atoms with Gasteiger partial charge in [0.25, 0.3) is 0 Å². The third kappa shape index (κ3) is 6.08. The van der Waals surface area contributed by atoms with Gasteiger partial charge in [-0.05, 0) is 60.6 Å². The molecule has 2 amide bonds. The van der Waals surface area contributed by atoms with E-state index in [1.165, 1.54) is 0 Å². The molecule has 0 saturated heterocycles. The van der Waals surface area contributed by atoms with Crippen LogP contribution in [0.3, 0.4) is 0 Å². The third-order valence-corrected chi connectivity index (χ3v) is 6.65. The van der Waals surface area contributed by atoms with Crippen LogP contribution in [0.5, 0.6) is 0 Å². The molecule has 6 nitrogen and oxygen atoms in total. The SMILES string of the molecule is CN(C)c1ccc(CN2C(=O)[C@@H](N[C@@H](CCc3ccccc3)C(N)=O)CCc3ccccc32)cc1. The van der Waals surface area contributed by atoms with Crippen molar-refractivity contribution in [1.82, 2.24) is 5.32 Å². The summed E-state index contributed by atoms with van der Waals surface area (Å²) in [7, 11) is 4.01. The summed E-state index contributed by atoms with van der Waals surface area (Å²) < 4.78 is 0. The maximum atomic E-state index is 13.8. The van der Waals surface area contributed by atoms with E-state index in [9.17, 15) is 9.59 Å². The molecule has 0 aliphatic carbocycles. The monoisotopic (exact) mass is 470 g/mol. The van der Waals surface area contributed by atoms with E-state index < -0.39 is 18.0 Å². The second kappa shape index (κ2) is 11.2. The Balaban J connectivity index is 1.54. The highest BCUT2D eigenvalue weighted by atomic mass is 16.2. The number of benzene rings is 3. The van der Waals surface area contributed by atoms with E-state index in [-0.39, 0.29) is 5.91 Å². The zero-order valence-electron chi connectivity index (χ0n) is 20.5. The van der Waals surface area contributed by atoms with Gasteiger partial charge in [0.1, 0.15) is 0 Å². The van der Waals surface area contributed by atoms with E-state index in [1.807, 2.05) is 67.5 Å². The molecule has 6 heteroatoms. The molecule has 0 saturated carbocycles. The number of hydrogen-bond donors (Lipinski definition) is 2. The zero-order chi connectivity index (χ0) is 24.8. The second-order valence-electron chi connectivity index (χ2n) is 9.35. The van der Waals surface area contributed by atoms with Gasteiger partial charge in [-0.15, -0.1) is 0 Å². The lowest BCUT2D eigenvalue weighted by Gasteiger charge is -2.28. The van der Waals surface area contributed by atoms with Crippen LogP contribution >= 0.6 is 0 Å². The summed E-state index contributed by atoms with van der Waals surface area (Å²) in [5.74, 6) is -0.459. The Kier molecular flexibility index (Phi) is 7.83. The number of nitrogens with zero attached hydrogens (tertiary/aromatic N) is 2. The van der Waals surface area contributed by atoms with Crippen LogP contribution in [0.2, 0.25) is 0 Å². The third-order valence-electron chi connectivity index (χ3n) is 6.65. The van der Waals surface area contributed by atoms with E-state index in [2.05, 4.69) is 40.5 Å². The number of nitrogens with one attached hydrogen (secondary N) is 1. The van der Waals surface area contributed by atoms with Crippen molar-refractivity contribution in [3.05, 3.63) is 95.6 Å². The van der Waals surface area contributed by atoms with E-state index in [4.69, 9.17) is 5.73 Å². The van der Waals surface area contributed by atoms with Crippen molar-refractivity contribution in [2.24, 2.45) is 5.73 Å². The Bertz CT molecular complexity index is 1140. The first-order chi connectivity index (χ1) is 16.9. The van der Waals surface area contributed by atoms with Crippen molar-refractivity contribution in [3.63, 3.8) is 0 Å². The molecular weight excluding hydrogens is 436 g/mol. The van der Waals surface area contributed by atoms with Crippen LogP contribution in [-0.4, -0.2) is 38.0 Å². The Morgan fingerprint density at radius 2 is 1.69 bits per heavy atom. The maximum absolute atomic E-state index is 13.8.